The van der Waals surface area contributed by atoms with Gasteiger partial charge in [0.25, 0.3) is 0 Å². The first kappa shape index (κ1) is 19.4. The average Bonchev–Trinajstić information content (AvgIpc) is 2.69. The summed E-state index contributed by atoms with van der Waals surface area (Å²) in [5, 5.41) is 3.14. The summed E-state index contributed by atoms with van der Waals surface area (Å²) in [6.07, 6.45) is 14.2. The highest BCUT2D eigenvalue weighted by Crippen LogP contribution is 2.31. The molecule has 1 aliphatic heterocycles. The van der Waals surface area contributed by atoms with Crippen molar-refractivity contribution in [2.45, 2.75) is 77.6 Å². The molecule has 0 radical (unpaired) electrons. The van der Waals surface area contributed by atoms with E-state index < -0.39 is 0 Å². The topological polar surface area (TPSA) is 49.4 Å². The summed E-state index contributed by atoms with van der Waals surface area (Å²) in [5.41, 5.74) is 1.52. The molecule has 3 rings (SSSR count). The number of nitrogens with zero attached hydrogens (tertiary/aromatic N) is 1. The van der Waals surface area contributed by atoms with Gasteiger partial charge < -0.3 is 10.2 Å². The standard InChI is InChI=1S/C22H36N2O2/c1-17-12-15-24(16-13-17)22(26)20-9-7-19(8-10-20)21(25)23-14-11-18-5-3-2-4-6-18/h5,17,19-20H,2-4,6-16H2,1H3,(H,23,25). The van der Waals surface area contributed by atoms with Gasteiger partial charge in [-0.05, 0) is 76.5 Å². The lowest BCUT2D eigenvalue weighted by Crippen LogP contribution is -2.43. The van der Waals surface area contributed by atoms with Crippen LogP contribution in [0.2, 0.25) is 0 Å². The molecule has 0 atom stereocenters. The second-order valence-electron chi connectivity index (χ2n) is 8.71. The molecule has 1 saturated carbocycles. The Balaban J connectivity index is 1.35. The smallest absolute Gasteiger partial charge is 0.225 e. The Hall–Kier alpha value is -1.32. The lowest BCUT2D eigenvalue weighted by atomic mass is 9.80. The molecule has 146 valence electrons. The third-order valence-corrected chi connectivity index (χ3v) is 6.67. The van der Waals surface area contributed by atoms with Crippen LogP contribution in [-0.4, -0.2) is 36.3 Å². The Morgan fingerprint density at radius 1 is 1.04 bits per heavy atom. The van der Waals surface area contributed by atoms with Gasteiger partial charge in [0.1, 0.15) is 0 Å². The second-order valence-corrected chi connectivity index (χ2v) is 8.71. The molecule has 0 unspecified atom stereocenters. The zero-order valence-corrected chi connectivity index (χ0v) is 16.5. The normalized spacial score (nSPS) is 27.7. The second kappa shape index (κ2) is 9.57. The fourth-order valence-corrected chi connectivity index (χ4v) is 4.71. The van der Waals surface area contributed by atoms with Crippen molar-refractivity contribution in [1.29, 1.82) is 0 Å². The number of carbonyl (C=O) groups is 2. The fraction of sp³-hybridized carbons (Fsp3) is 0.818. The van der Waals surface area contributed by atoms with E-state index in [-0.39, 0.29) is 17.7 Å². The number of carbonyl (C=O) groups excluding carboxylic acids is 2. The van der Waals surface area contributed by atoms with Crippen molar-refractivity contribution in [1.82, 2.24) is 10.2 Å². The van der Waals surface area contributed by atoms with Crippen LogP contribution in [0.5, 0.6) is 0 Å². The predicted molar refractivity (Wildman–Crippen MR) is 105 cm³/mol. The van der Waals surface area contributed by atoms with E-state index in [1.165, 1.54) is 31.3 Å². The number of nitrogens with one attached hydrogen (secondary N) is 1. The van der Waals surface area contributed by atoms with Crippen LogP contribution < -0.4 is 5.32 Å². The van der Waals surface area contributed by atoms with E-state index in [9.17, 15) is 9.59 Å². The Kier molecular flexibility index (Phi) is 7.15. The largest absolute Gasteiger partial charge is 0.356 e. The molecule has 4 heteroatoms. The maximum atomic E-state index is 12.7. The van der Waals surface area contributed by atoms with Gasteiger partial charge in [-0.2, -0.15) is 0 Å². The van der Waals surface area contributed by atoms with Gasteiger partial charge in [0, 0.05) is 31.5 Å². The summed E-state index contributed by atoms with van der Waals surface area (Å²) in [6, 6.07) is 0. The van der Waals surface area contributed by atoms with Crippen LogP contribution in [0.4, 0.5) is 0 Å². The van der Waals surface area contributed by atoms with Crippen molar-refractivity contribution >= 4 is 11.8 Å². The third kappa shape index (κ3) is 5.34. The molecule has 0 spiro atoms. The number of amides is 2. The third-order valence-electron chi connectivity index (χ3n) is 6.67. The summed E-state index contributed by atoms with van der Waals surface area (Å²) >= 11 is 0. The van der Waals surface area contributed by atoms with Crippen molar-refractivity contribution in [3.05, 3.63) is 11.6 Å². The number of likely N-dealkylation sites (tertiary alicyclic amines) is 1. The van der Waals surface area contributed by atoms with Crippen LogP contribution in [0, 0.1) is 17.8 Å². The molecule has 0 aromatic rings. The molecule has 2 fully saturated rings. The molecular weight excluding hydrogens is 324 g/mol. The number of hydrogen-bond donors (Lipinski definition) is 1. The molecule has 0 aromatic heterocycles. The van der Waals surface area contributed by atoms with E-state index in [4.69, 9.17) is 0 Å². The highest BCUT2D eigenvalue weighted by molar-refractivity contribution is 5.81. The SMILES string of the molecule is CC1CCN(C(=O)C2CCC(C(=O)NCCC3=CCCCC3)CC2)CC1. The Morgan fingerprint density at radius 2 is 1.73 bits per heavy atom. The van der Waals surface area contributed by atoms with Gasteiger partial charge in [0.05, 0.1) is 0 Å². The molecule has 26 heavy (non-hydrogen) atoms. The van der Waals surface area contributed by atoms with E-state index in [0.29, 0.717) is 5.91 Å². The number of rotatable bonds is 5. The van der Waals surface area contributed by atoms with Gasteiger partial charge in [-0.25, -0.2) is 0 Å². The molecular formula is C22H36N2O2. The highest BCUT2D eigenvalue weighted by Gasteiger charge is 2.33. The summed E-state index contributed by atoms with van der Waals surface area (Å²) in [4.78, 5) is 27.2. The first-order valence-corrected chi connectivity index (χ1v) is 10.9. The van der Waals surface area contributed by atoms with Gasteiger partial charge in [-0.1, -0.05) is 18.6 Å². The van der Waals surface area contributed by atoms with Gasteiger partial charge in [0.15, 0.2) is 0 Å². The molecule has 1 N–H and O–H groups in total. The van der Waals surface area contributed by atoms with Crippen molar-refractivity contribution in [3.63, 3.8) is 0 Å². The van der Waals surface area contributed by atoms with E-state index in [2.05, 4.69) is 23.2 Å². The zero-order valence-electron chi connectivity index (χ0n) is 16.5. The molecule has 4 nitrogen and oxygen atoms in total. The van der Waals surface area contributed by atoms with Crippen LogP contribution in [0.1, 0.15) is 77.6 Å². The molecule has 2 amide bonds. The molecule has 1 saturated heterocycles. The minimum absolute atomic E-state index is 0.112. The Labute approximate surface area is 158 Å². The van der Waals surface area contributed by atoms with Gasteiger partial charge in [-0.3, -0.25) is 9.59 Å². The number of hydrogen-bond acceptors (Lipinski definition) is 2. The van der Waals surface area contributed by atoms with Crippen LogP contribution in [0.25, 0.3) is 0 Å². The van der Waals surface area contributed by atoms with Crippen molar-refractivity contribution < 1.29 is 9.59 Å². The number of allylic oxidation sites excluding steroid dienone is 1. The van der Waals surface area contributed by atoms with Gasteiger partial charge in [0.2, 0.25) is 11.8 Å². The van der Waals surface area contributed by atoms with Crippen LogP contribution in [0.3, 0.4) is 0 Å². The summed E-state index contributed by atoms with van der Waals surface area (Å²) in [6.45, 7) is 4.90. The summed E-state index contributed by atoms with van der Waals surface area (Å²) in [7, 11) is 0. The zero-order chi connectivity index (χ0) is 18.4. The Bertz CT molecular complexity index is 512. The van der Waals surface area contributed by atoms with Crippen molar-refractivity contribution in [3.8, 4) is 0 Å². The summed E-state index contributed by atoms with van der Waals surface area (Å²) < 4.78 is 0. The predicted octanol–water partition coefficient (Wildman–Crippen LogP) is 4.06. The molecule has 3 aliphatic rings. The monoisotopic (exact) mass is 360 g/mol. The first-order valence-electron chi connectivity index (χ1n) is 10.9. The van der Waals surface area contributed by atoms with Crippen LogP contribution in [0.15, 0.2) is 11.6 Å². The minimum Gasteiger partial charge on any atom is -0.356 e. The van der Waals surface area contributed by atoms with Crippen molar-refractivity contribution in [2.24, 2.45) is 17.8 Å². The number of piperidine rings is 1. The molecule has 1 heterocycles. The molecule has 0 bridgehead atoms. The lowest BCUT2D eigenvalue weighted by Gasteiger charge is -2.35. The van der Waals surface area contributed by atoms with E-state index in [1.807, 2.05) is 0 Å². The first-order chi connectivity index (χ1) is 12.6. The molecule has 2 aliphatic carbocycles. The Morgan fingerprint density at radius 3 is 2.38 bits per heavy atom. The lowest BCUT2D eigenvalue weighted by molar-refractivity contribution is -0.139. The van der Waals surface area contributed by atoms with Gasteiger partial charge in [-0.15, -0.1) is 0 Å². The highest BCUT2D eigenvalue weighted by atomic mass is 16.2. The van der Waals surface area contributed by atoms with Gasteiger partial charge >= 0.3 is 0 Å². The van der Waals surface area contributed by atoms with E-state index in [1.54, 1.807) is 0 Å². The maximum Gasteiger partial charge on any atom is 0.225 e. The van der Waals surface area contributed by atoms with E-state index >= 15 is 0 Å². The maximum absolute atomic E-state index is 12.7. The quantitative estimate of drug-likeness (QED) is 0.752. The fourth-order valence-electron chi connectivity index (χ4n) is 4.71. The van der Waals surface area contributed by atoms with E-state index in [0.717, 1.165) is 70.5 Å². The molecule has 0 aromatic carbocycles. The summed E-state index contributed by atoms with van der Waals surface area (Å²) in [5.74, 6) is 1.57. The van der Waals surface area contributed by atoms with Crippen LogP contribution in [-0.2, 0) is 9.59 Å². The minimum atomic E-state index is 0.112. The average molecular weight is 361 g/mol. The van der Waals surface area contributed by atoms with Crippen molar-refractivity contribution in [2.75, 3.05) is 19.6 Å². The van der Waals surface area contributed by atoms with Crippen LogP contribution >= 0.6 is 0 Å².